The van der Waals surface area contributed by atoms with Gasteiger partial charge in [0.2, 0.25) is 5.91 Å². The molecule has 4 aromatic carbocycles. The number of Topliss-reactive ketones (excluding diaryl/α,β-unsaturated/α-hetero) is 2. The summed E-state index contributed by atoms with van der Waals surface area (Å²) in [5.74, 6) is 0.956. The number of fused-ring (bicyclic) bond motifs is 3. The van der Waals surface area contributed by atoms with Crippen LogP contribution in [-0.2, 0) is 27.2 Å². The number of ether oxygens (including phenoxy) is 2. The minimum Gasteiger partial charge on any atom is -0.870 e. The van der Waals surface area contributed by atoms with Crippen LogP contribution >= 0.6 is 81.8 Å². The molecule has 26 heteroatoms. The monoisotopic (exact) mass is 1260 g/mol. The molecule has 0 fully saturated rings. The van der Waals surface area contributed by atoms with Gasteiger partial charge in [0.25, 0.3) is 0 Å². The van der Waals surface area contributed by atoms with Crippen LogP contribution in [0.15, 0.2) is 160 Å². The van der Waals surface area contributed by atoms with Crippen molar-refractivity contribution in [3.63, 3.8) is 0 Å². The summed E-state index contributed by atoms with van der Waals surface area (Å²) in [4.78, 5) is 81.9. The number of carbonyl (C=O) groups excluding carboxylic acids is 3. The molecule has 1 amide bonds. The van der Waals surface area contributed by atoms with Crippen LogP contribution in [-0.4, -0.2) is 106 Å². The molecule has 10 aromatic rings. The van der Waals surface area contributed by atoms with Gasteiger partial charge in [0.15, 0.2) is 11.6 Å². The number of nitrogens with zero attached hydrogens (tertiary/aromatic N) is 6. The largest absolute Gasteiger partial charge is 1.00 e. The number of hydrogen-bond acceptors (Lipinski definition) is 21. The first-order chi connectivity index (χ1) is 39.3. The molecule has 6 heterocycles. The van der Waals surface area contributed by atoms with Gasteiger partial charge >= 0.3 is 41.5 Å². The van der Waals surface area contributed by atoms with E-state index >= 15 is 0 Å². The third-order valence-corrected chi connectivity index (χ3v) is 16.4. The van der Waals surface area contributed by atoms with Crippen molar-refractivity contribution in [2.45, 2.75) is 42.2 Å². The number of aliphatic carboxylic acids is 2. The minimum absolute atomic E-state index is 0. The predicted molar refractivity (Wildman–Crippen MR) is 332 cm³/mol. The van der Waals surface area contributed by atoms with Crippen molar-refractivity contribution >= 4 is 153 Å². The average Bonchev–Trinajstić information content (AvgIpc) is 4.29. The van der Waals surface area contributed by atoms with Crippen LogP contribution in [0, 0.1) is 0 Å². The molecule has 6 aromatic heterocycles. The van der Waals surface area contributed by atoms with Gasteiger partial charge in [-0.25, -0.2) is 29.9 Å². The quantitative estimate of drug-likeness (QED) is 0.0126. The minimum atomic E-state index is -0.787. The van der Waals surface area contributed by atoms with E-state index < -0.39 is 11.9 Å². The molecule has 426 valence electrons. The number of halogens is 1. The molecule has 0 saturated heterocycles. The normalized spacial score (nSPS) is 10.1. The van der Waals surface area contributed by atoms with E-state index in [1.54, 1.807) is 83.8 Å². The van der Waals surface area contributed by atoms with E-state index in [4.69, 9.17) is 37.0 Å². The number of hydrogen-bond donors (Lipinski definition) is 5. The molecular weight excluding hydrogens is 1210 g/mol. The molecule has 0 aliphatic carbocycles. The van der Waals surface area contributed by atoms with Gasteiger partial charge in [0.1, 0.15) is 45.7 Å². The Bertz CT molecular complexity index is 3680. The summed E-state index contributed by atoms with van der Waals surface area (Å²) in [5, 5.41) is 27.4. The molecule has 0 unspecified atom stereocenters. The number of thiol groups is 1. The molecular formula is C57H54ClN8NaO10S6. The number of aromatic nitrogens is 6. The maximum absolute atomic E-state index is 12.7. The molecule has 0 radical (unpaired) electrons. The smallest absolute Gasteiger partial charge is 0.870 e. The Morgan fingerprint density at radius 3 is 1.48 bits per heavy atom. The molecule has 0 aliphatic heterocycles. The van der Waals surface area contributed by atoms with Crippen molar-refractivity contribution in [3.05, 3.63) is 178 Å². The van der Waals surface area contributed by atoms with Crippen LogP contribution in [0.5, 0.6) is 11.5 Å². The number of amides is 1. The van der Waals surface area contributed by atoms with Crippen LogP contribution in [0.25, 0.3) is 30.6 Å². The number of nitrogens with one attached hydrogen (secondary N) is 1. The van der Waals surface area contributed by atoms with E-state index in [-0.39, 0.29) is 65.3 Å². The number of anilines is 2. The molecule has 0 aliphatic rings. The Morgan fingerprint density at radius 2 is 1.04 bits per heavy atom. The Kier molecular flexibility index (Phi) is 30.7. The second-order valence-electron chi connectivity index (χ2n) is 16.5. The third-order valence-electron chi connectivity index (χ3n) is 10.8. The van der Waals surface area contributed by atoms with E-state index in [2.05, 4.69) is 47.8 Å². The summed E-state index contributed by atoms with van der Waals surface area (Å²) in [6.45, 7) is 0. The number of thiophene rings is 3. The summed E-state index contributed by atoms with van der Waals surface area (Å²) >= 11 is 17.2. The molecule has 0 spiro atoms. The number of nitrogens with two attached hydrogens (primary N) is 1. The second-order valence-corrected chi connectivity index (χ2v) is 22.2. The fourth-order valence-corrected chi connectivity index (χ4v) is 11.9. The molecule has 0 saturated carbocycles. The number of rotatable bonds is 19. The number of benzene rings is 4. The Hall–Kier alpha value is -6.55. The third kappa shape index (κ3) is 22.5. The second kappa shape index (κ2) is 36.9. The number of nitrogen functional groups attached to an aromatic ring is 1. The van der Waals surface area contributed by atoms with Crippen LogP contribution in [0.3, 0.4) is 0 Å². The fourth-order valence-electron chi connectivity index (χ4n) is 6.93. The number of carboxylic acids is 2. The number of carbonyl (C=O) groups is 5. The van der Waals surface area contributed by atoms with Crippen LogP contribution in [0.1, 0.15) is 51.1 Å². The van der Waals surface area contributed by atoms with Crippen LogP contribution in [0.4, 0.5) is 11.4 Å². The summed E-state index contributed by atoms with van der Waals surface area (Å²) < 4.78 is 13.5. The molecule has 0 bridgehead atoms. The zero-order valence-electron chi connectivity index (χ0n) is 44.9. The van der Waals surface area contributed by atoms with Gasteiger partial charge < -0.3 is 36.2 Å². The van der Waals surface area contributed by atoms with Gasteiger partial charge in [-0.1, -0.05) is 72.3 Å². The van der Waals surface area contributed by atoms with Gasteiger partial charge in [-0.2, -0.15) is 12.6 Å². The summed E-state index contributed by atoms with van der Waals surface area (Å²) in [6.07, 6.45) is 5.81. The Labute approximate surface area is 531 Å². The van der Waals surface area contributed by atoms with Crippen molar-refractivity contribution in [2.24, 2.45) is 0 Å². The first-order valence-electron chi connectivity index (χ1n) is 24.3. The maximum atomic E-state index is 12.7. The molecule has 10 rings (SSSR count). The molecule has 83 heavy (non-hydrogen) atoms. The fraction of sp³-hybridized carbons (Fsp3) is 0.175. The van der Waals surface area contributed by atoms with Gasteiger partial charge in [-0.3, -0.25) is 24.0 Å². The molecule has 6 N–H and O–H groups in total. The Morgan fingerprint density at radius 1 is 0.590 bits per heavy atom. The Balaban J connectivity index is 0.000000246. The summed E-state index contributed by atoms with van der Waals surface area (Å²) in [7, 11) is 3.09. The number of ketones is 2. The van der Waals surface area contributed by atoms with Crippen molar-refractivity contribution < 1.29 is 78.7 Å². The average molecular weight is 1260 g/mol. The van der Waals surface area contributed by atoms with Crippen LogP contribution in [0.2, 0.25) is 5.15 Å². The number of methoxy groups -OCH3 is 2. The molecule has 18 nitrogen and oxygen atoms in total. The van der Waals surface area contributed by atoms with E-state index in [1.807, 2.05) is 95.0 Å². The summed E-state index contributed by atoms with van der Waals surface area (Å²) in [5.41, 5.74) is 12.6. The van der Waals surface area contributed by atoms with E-state index in [0.29, 0.717) is 75.7 Å². The summed E-state index contributed by atoms with van der Waals surface area (Å²) in [6, 6.07) is 35.2. The zero-order chi connectivity index (χ0) is 57.9. The SMILES string of the molecule is COc1ccc(C(=O)Cc2ccccc2)cc1N.COc1ccc(C(=O)Cc2ccccc2)cc1NC(=O)CCSc1ncnc2ccsc12.Clc1ncnc2ccsc12.O=C(O)CCS.O=C(O)CCSc1ncnc2ccsc12.[Na+].[OH-]. The zero-order valence-corrected chi connectivity index (χ0v) is 52.6. The topological polar surface area (TPSA) is 290 Å². The van der Waals surface area contributed by atoms with Crippen molar-refractivity contribution in [3.8, 4) is 11.5 Å². The maximum Gasteiger partial charge on any atom is 1.00 e. The first-order valence-corrected chi connectivity index (χ1v) is 29.9. The van der Waals surface area contributed by atoms with Gasteiger partial charge in [0.05, 0.1) is 69.1 Å². The van der Waals surface area contributed by atoms with E-state index in [9.17, 15) is 24.0 Å². The van der Waals surface area contributed by atoms with E-state index in [1.165, 1.54) is 43.3 Å². The van der Waals surface area contributed by atoms with Gasteiger partial charge in [-0.15, -0.1) is 57.5 Å². The van der Waals surface area contributed by atoms with Gasteiger partial charge in [-0.05, 0) is 81.9 Å². The van der Waals surface area contributed by atoms with Crippen molar-refractivity contribution in [1.82, 2.24) is 29.9 Å². The predicted octanol–water partition coefficient (Wildman–Crippen LogP) is 9.77. The number of carboxylic acid groups (broad SMARTS) is 2. The van der Waals surface area contributed by atoms with Gasteiger partial charge in [0, 0.05) is 47.6 Å². The first kappa shape index (κ1) is 68.9. The van der Waals surface area contributed by atoms with E-state index in [0.717, 1.165) is 51.8 Å². The number of thioether (sulfide) groups is 2. The van der Waals surface area contributed by atoms with Crippen LogP contribution < -0.4 is 50.1 Å². The molecule has 0 atom stereocenters. The standard InChI is InChI=1S/C24H21N3O3S2.C15H15NO2.C9H8N2O2S2.C6H3ClN2S.C3H6O2S.Na.H2O/c1-30-21-8-7-17(20(28)13-16-5-3-2-4-6-16)14-19(21)27-22(29)10-12-32-24-23-18(9-11-31-23)25-15-26-24;1-18-15-8-7-12(10-13(15)16)14(17)9-11-5-3-2-4-6-11;12-7(13)2-4-15-9-8-6(1-3-14-8)10-5-11-9;7-6-5-4(1-2-10-5)8-3-9-6;4-3(5)1-2-6;;/h2-9,11,14-15H,10,12-13H2,1H3,(H,27,29);2-8,10H,9,16H2,1H3;1,3,5H,2,4H2,(H,12,13);1-3H;6H,1-2H2,(H,4,5);;1H2/q;;;;;+1;/p-1. The van der Waals surface area contributed by atoms with Crippen molar-refractivity contribution in [1.29, 1.82) is 0 Å². The van der Waals surface area contributed by atoms with Crippen molar-refractivity contribution in [2.75, 3.05) is 42.5 Å².